The molecule has 5 nitrogen and oxygen atoms in total. The Bertz CT molecular complexity index is 820. The minimum absolute atomic E-state index is 0.0306. The molecule has 0 fully saturated rings. The van der Waals surface area contributed by atoms with Crippen LogP contribution in [0.3, 0.4) is 0 Å². The highest BCUT2D eigenvalue weighted by Crippen LogP contribution is 2.45. The lowest BCUT2D eigenvalue weighted by Gasteiger charge is -2.30. The third kappa shape index (κ3) is 2.71. The molecule has 2 aromatic rings. The molecule has 24 heavy (non-hydrogen) atoms. The van der Waals surface area contributed by atoms with Crippen LogP contribution in [0.2, 0.25) is 0 Å². The predicted molar refractivity (Wildman–Crippen MR) is 91.5 cm³/mol. The summed E-state index contributed by atoms with van der Waals surface area (Å²) in [5, 5.41) is 1.66. The first kappa shape index (κ1) is 16.3. The highest BCUT2D eigenvalue weighted by molar-refractivity contribution is 6.08. The summed E-state index contributed by atoms with van der Waals surface area (Å²) in [5.41, 5.74) is 0.541. The van der Waals surface area contributed by atoms with E-state index in [2.05, 4.69) is 0 Å². The standard InChI is InChI=1S/C19H20O5/c1-19(2)10-9-14-15(18(20)22-4)17(23-11-21-3)13-8-6-5-7-12(13)16(14)24-19/h5-10H,11H2,1-4H3. The molecule has 0 N–H and O–H groups in total. The van der Waals surface area contributed by atoms with E-state index >= 15 is 0 Å². The number of hydrogen-bond acceptors (Lipinski definition) is 5. The van der Waals surface area contributed by atoms with E-state index in [1.54, 1.807) is 0 Å². The molecule has 1 aliphatic heterocycles. The quantitative estimate of drug-likeness (QED) is 0.631. The van der Waals surface area contributed by atoms with E-state index in [4.69, 9.17) is 18.9 Å². The van der Waals surface area contributed by atoms with Gasteiger partial charge in [-0.15, -0.1) is 0 Å². The summed E-state index contributed by atoms with van der Waals surface area (Å²) < 4.78 is 21.9. The van der Waals surface area contributed by atoms with E-state index in [0.29, 0.717) is 22.6 Å². The second-order valence-electron chi connectivity index (χ2n) is 6.07. The molecule has 0 saturated heterocycles. The first-order valence-electron chi connectivity index (χ1n) is 7.65. The van der Waals surface area contributed by atoms with Gasteiger partial charge < -0.3 is 18.9 Å². The third-order valence-corrected chi connectivity index (χ3v) is 3.88. The zero-order valence-electron chi connectivity index (χ0n) is 14.2. The summed E-state index contributed by atoms with van der Waals surface area (Å²) in [4.78, 5) is 12.4. The zero-order chi connectivity index (χ0) is 17.3. The highest BCUT2D eigenvalue weighted by Gasteiger charge is 2.31. The highest BCUT2D eigenvalue weighted by atomic mass is 16.7. The van der Waals surface area contributed by atoms with Crippen molar-refractivity contribution in [1.82, 2.24) is 0 Å². The summed E-state index contributed by atoms with van der Waals surface area (Å²) in [7, 11) is 2.88. The largest absolute Gasteiger partial charge is 0.482 e. The molecule has 0 spiro atoms. The Balaban J connectivity index is 2.37. The topological polar surface area (TPSA) is 54.0 Å². The lowest BCUT2D eigenvalue weighted by atomic mass is 9.93. The van der Waals surface area contributed by atoms with E-state index in [0.717, 1.165) is 10.8 Å². The molecule has 126 valence electrons. The summed E-state index contributed by atoms with van der Waals surface area (Å²) in [6.07, 6.45) is 3.80. The van der Waals surface area contributed by atoms with Gasteiger partial charge in [0.05, 0.1) is 7.11 Å². The fourth-order valence-electron chi connectivity index (χ4n) is 2.82. The van der Waals surface area contributed by atoms with Crippen LogP contribution in [-0.2, 0) is 9.47 Å². The van der Waals surface area contributed by atoms with E-state index in [9.17, 15) is 4.79 Å². The van der Waals surface area contributed by atoms with Gasteiger partial charge in [0.2, 0.25) is 0 Å². The second kappa shape index (κ2) is 6.17. The first-order valence-corrected chi connectivity index (χ1v) is 7.65. The number of rotatable bonds is 4. The van der Waals surface area contributed by atoms with Crippen LogP contribution in [-0.4, -0.2) is 32.6 Å². The summed E-state index contributed by atoms with van der Waals surface area (Å²) >= 11 is 0. The predicted octanol–water partition coefficient (Wildman–Crippen LogP) is 3.79. The van der Waals surface area contributed by atoms with Crippen molar-refractivity contribution >= 4 is 22.8 Å². The van der Waals surface area contributed by atoms with Gasteiger partial charge in [0.15, 0.2) is 6.79 Å². The number of ether oxygens (including phenoxy) is 4. The van der Waals surface area contributed by atoms with Crippen LogP contribution >= 0.6 is 0 Å². The molecule has 0 aromatic heterocycles. The van der Waals surface area contributed by atoms with Gasteiger partial charge in [-0.25, -0.2) is 4.79 Å². The van der Waals surface area contributed by atoms with Gasteiger partial charge in [-0.05, 0) is 19.9 Å². The number of carbonyl (C=O) groups excluding carboxylic acids is 1. The minimum atomic E-state index is -0.476. The van der Waals surface area contributed by atoms with Gasteiger partial charge in [-0.3, -0.25) is 0 Å². The third-order valence-electron chi connectivity index (χ3n) is 3.88. The SMILES string of the molecule is COCOc1c(C(=O)OC)c2c(c3ccccc13)OC(C)(C)C=C2. The molecule has 0 atom stereocenters. The maximum atomic E-state index is 12.4. The Morgan fingerprint density at radius 2 is 1.88 bits per heavy atom. The Morgan fingerprint density at radius 1 is 1.17 bits per heavy atom. The fourth-order valence-corrected chi connectivity index (χ4v) is 2.82. The van der Waals surface area contributed by atoms with Crippen molar-refractivity contribution in [1.29, 1.82) is 0 Å². The van der Waals surface area contributed by atoms with Crippen molar-refractivity contribution in [3.05, 3.63) is 41.5 Å². The fraction of sp³-hybridized carbons (Fsp3) is 0.316. The normalized spacial score (nSPS) is 14.8. The summed E-state index contributed by atoms with van der Waals surface area (Å²) in [6, 6.07) is 7.65. The Hall–Kier alpha value is -2.53. The van der Waals surface area contributed by atoms with Crippen molar-refractivity contribution in [3.63, 3.8) is 0 Å². The van der Waals surface area contributed by atoms with Crippen LogP contribution in [0, 0.1) is 0 Å². The first-order chi connectivity index (χ1) is 11.5. The van der Waals surface area contributed by atoms with Gasteiger partial charge in [0.1, 0.15) is 22.7 Å². The molecule has 0 aliphatic carbocycles. The number of methoxy groups -OCH3 is 2. The molecule has 0 radical (unpaired) electrons. The molecule has 1 heterocycles. The molecule has 1 aliphatic rings. The van der Waals surface area contributed by atoms with Crippen LogP contribution in [0.15, 0.2) is 30.3 Å². The van der Waals surface area contributed by atoms with Gasteiger partial charge in [0, 0.05) is 23.4 Å². The Kier molecular flexibility index (Phi) is 4.20. The zero-order valence-corrected chi connectivity index (χ0v) is 14.2. The smallest absolute Gasteiger partial charge is 0.342 e. The van der Waals surface area contributed by atoms with Gasteiger partial charge in [-0.2, -0.15) is 0 Å². The minimum Gasteiger partial charge on any atom is -0.482 e. The second-order valence-corrected chi connectivity index (χ2v) is 6.07. The Morgan fingerprint density at radius 3 is 2.54 bits per heavy atom. The molecule has 0 bridgehead atoms. The molecule has 5 heteroatoms. The molecular weight excluding hydrogens is 308 g/mol. The van der Waals surface area contributed by atoms with Crippen LogP contribution in [0.25, 0.3) is 16.8 Å². The molecule has 0 unspecified atom stereocenters. The maximum absolute atomic E-state index is 12.4. The van der Waals surface area contributed by atoms with Gasteiger partial charge >= 0.3 is 5.97 Å². The van der Waals surface area contributed by atoms with Gasteiger partial charge in [0.25, 0.3) is 0 Å². The average molecular weight is 328 g/mol. The lowest BCUT2D eigenvalue weighted by Crippen LogP contribution is -2.28. The number of benzene rings is 2. The molecule has 2 aromatic carbocycles. The van der Waals surface area contributed by atoms with Crippen molar-refractivity contribution in [2.24, 2.45) is 0 Å². The van der Waals surface area contributed by atoms with E-state index < -0.39 is 11.6 Å². The van der Waals surface area contributed by atoms with Crippen LogP contribution in [0.4, 0.5) is 0 Å². The molecule has 0 amide bonds. The maximum Gasteiger partial charge on any atom is 0.342 e. The molecule has 0 saturated carbocycles. The van der Waals surface area contributed by atoms with Crippen LogP contribution < -0.4 is 9.47 Å². The van der Waals surface area contributed by atoms with Crippen molar-refractivity contribution in [3.8, 4) is 11.5 Å². The summed E-state index contributed by atoms with van der Waals surface area (Å²) in [5.74, 6) is 0.616. The lowest BCUT2D eigenvalue weighted by molar-refractivity contribution is 0.0472. The van der Waals surface area contributed by atoms with E-state index in [-0.39, 0.29) is 6.79 Å². The van der Waals surface area contributed by atoms with Crippen LogP contribution in [0.5, 0.6) is 11.5 Å². The van der Waals surface area contributed by atoms with Crippen molar-refractivity contribution in [2.75, 3.05) is 21.0 Å². The monoisotopic (exact) mass is 328 g/mol. The van der Waals surface area contributed by atoms with Gasteiger partial charge in [-0.1, -0.05) is 30.3 Å². The van der Waals surface area contributed by atoms with E-state index in [1.807, 2.05) is 50.3 Å². The van der Waals surface area contributed by atoms with E-state index in [1.165, 1.54) is 14.2 Å². The Labute approximate surface area is 140 Å². The molecule has 3 rings (SSSR count). The van der Waals surface area contributed by atoms with Crippen molar-refractivity contribution < 1.29 is 23.7 Å². The molecular formula is C19H20O5. The number of hydrogen-bond donors (Lipinski definition) is 0. The van der Waals surface area contributed by atoms with Crippen LogP contribution in [0.1, 0.15) is 29.8 Å². The van der Waals surface area contributed by atoms with Crippen molar-refractivity contribution in [2.45, 2.75) is 19.4 Å². The number of esters is 1. The summed E-state index contributed by atoms with van der Waals surface area (Å²) in [6.45, 7) is 3.96. The average Bonchev–Trinajstić information content (AvgIpc) is 2.58. The number of fused-ring (bicyclic) bond motifs is 3. The number of carbonyl (C=O) groups is 1.